The minimum atomic E-state index is -0.659. The highest BCUT2D eigenvalue weighted by Gasteiger charge is 2.16. The van der Waals surface area contributed by atoms with E-state index < -0.39 is 12.0 Å². The summed E-state index contributed by atoms with van der Waals surface area (Å²) in [5.74, 6) is 0.262. The van der Waals surface area contributed by atoms with Crippen LogP contribution in [0.25, 0.3) is 0 Å². The average molecular weight is 262 g/mol. The van der Waals surface area contributed by atoms with Crippen molar-refractivity contribution in [1.29, 1.82) is 0 Å². The fourth-order valence-corrected chi connectivity index (χ4v) is 1.36. The van der Waals surface area contributed by atoms with E-state index >= 15 is 0 Å². The van der Waals surface area contributed by atoms with Gasteiger partial charge in [-0.25, -0.2) is 0 Å². The van der Waals surface area contributed by atoms with Gasteiger partial charge in [-0.3, -0.25) is 4.79 Å². The zero-order valence-corrected chi connectivity index (χ0v) is 9.41. The van der Waals surface area contributed by atoms with Crippen molar-refractivity contribution in [2.75, 3.05) is 6.61 Å². The summed E-state index contributed by atoms with van der Waals surface area (Å²) in [5, 5.41) is 0. The molecule has 0 aromatic carbocycles. The molecule has 0 saturated heterocycles. The Morgan fingerprint density at radius 3 is 3.00 bits per heavy atom. The molecule has 0 radical (unpaired) electrons. The first kappa shape index (κ1) is 11.3. The molecule has 0 bridgehead atoms. The van der Waals surface area contributed by atoms with Crippen molar-refractivity contribution in [3.63, 3.8) is 0 Å². The molecule has 2 N–H and O–H groups in total. The molecule has 0 aliphatic rings. The number of rotatable bonds is 4. The third-order valence-electron chi connectivity index (χ3n) is 1.63. The summed E-state index contributed by atoms with van der Waals surface area (Å²) < 4.78 is 10.7. The quantitative estimate of drug-likeness (QED) is 0.834. The Morgan fingerprint density at radius 2 is 2.50 bits per heavy atom. The number of carbonyl (C=O) groups excluding carboxylic acids is 1. The van der Waals surface area contributed by atoms with E-state index in [2.05, 4.69) is 15.9 Å². The van der Waals surface area contributed by atoms with Gasteiger partial charge in [0.05, 0.1) is 11.1 Å². The van der Waals surface area contributed by atoms with Gasteiger partial charge in [-0.15, -0.1) is 0 Å². The van der Waals surface area contributed by atoms with Gasteiger partial charge in [0.2, 0.25) is 0 Å². The first-order chi connectivity index (χ1) is 6.63. The Bertz CT molecular complexity index is 311. The topological polar surface area (TPSA) is 65.5 Å². The lowest BCUT2D eigenvalue weighted by molar-refractivity contribution is -0.144. The third kappa shape index (κ3) is 3.16. The van der Waals surface area contributed by atoms with Gasteiger partial charge < -0.3 is 14.9 Å². The molecule has 1 aromatic heterocycles. The highest BCUT2D eigenvalue weighted by molar-refractivity contribution is 9.10. The average Bonchev–Trinajstić information content (AvgIpc) is 2.51. The summed E-state index contributed by atoms with van der Waals surface area (Å²) in [6.07, 6.45) is 1.90. The Labute approximate surface area is 90.5 Å². The molecule has 0 aliphatic carbocycles. The van der Waals surface area contributed by atoms with Gasteiger partial charge in [0.25, 0.3) is 0 Å². The number of halogens is 1. The van der Waals surface area contributed by atoms with E-state index in [4.69, 9.17) is 14.9 Å². The predicted octanol–water partition coefficient (Wildman–Crippen LogP) is 1.47. The molecule has 0 fully saturated rings. The SMILES string of the molecule is CCOC(=O)C(N)Cc1cc(Br)co1. The second-order valence-corrected chi connectivity index (χ2v) is 3.71. The van der Waals surface area contributed by atoms with E-state index in [9.17, 15) is 4.79 Å². The third-order valence-corrected chi connectivity index (χ3v) is 2.05. The van der Waals surface area contributed by atoms with Gasteiger partial charge in [0.1, 0.15) is 18.1 Å². The van der Waals surface area contributed by atoms with Gasteiger partial charge in [-0.1, -0.05) is 0 Å². The number of carbonyl (C=O) groups is 1. The Balaban J connectivity index is 2.48. The Kier molecular flexibility index (Phi) is 4.16. The van der Waals surface area contributed by atoms with Crippen molar-refractivity contribution in [2.24, 2.45) is 5.73 Å². The Hall–Kier alpha value is -0.810. The van der Waals surface area contributed by atoms with Crippen LogP contribution in [0, 0.1) is 0 Å². The van der Waals surface area contributed by atoms with Crippen molar-refractivity contribution < 1.29 is 13.9 Å². The van der Waals surface area contributed by atoms with Crippen molar-refractivity contribution in [3.8, 4) is 0 Å². The largest absolute Gasteiger partial charge is 0.468 e. The zero-order chi connectivity index (χ0) is 10.6. The van der Waals surface area contributed by atoms with Crippen LogP contribution in [0.2, 0.25) is 0 Å². The lowest BCUT2D eigenvalue weighted by Gasteiger charge is -2.07. The van der Waals surface area contributed by atoms with Gasteiger partial charge in [-0.2, -0.15) is 0 Å². The molecule has 5 heteroatoms. The molecule has 1 unspecified atom stereocenters. The van der Waals surface area contributed by atoms with Crippen LogP contribution in [0.15, 0.2) is 21.2 Å². The molecule has 1 aromatic rings. The van der Waals surface area contributed by atoms with E-state index in [1.807, 2.05) is 0 Å². The number of furan rings is 1. The molecule has 0 aliphatic heterocycles. The molecule has 1 rings (SSSR count). The molecule has 1 atom stereocenters. The minimum absolute atomic E-state index is 0.342. The number of esters is 1. The Morgan fingerprint density at radius 1 is 1.79 bits per heavy atom. The van der Waals surface area contributed by atoms with E-state index in [0.717, 1.165) is 4.47 Å². The van der Waals surface area contributed by atoms with Crippen LogP contribution in [-0.4, -0.2) is 18.6 Å². The minimum Gasteiger partial charge on any atom is -0.468 e. The van der Waals surface area contributed by atoms with Crippen molar-refractivity contribution in [3.05, 3.63) is 22.6 Å². The van der Waals surface area contributed by atoms with Gasteiger partial charge in [-0.05, 0) is 28.9 Å². The maximum absolute atomic E-state index is 11.2. The highest BCUT2D eigenvalue weighted by atomic mass is 79.9. The first-order valence-electron chi connectivity index (χ1n) is 4.28. The zero-order valence-electron chi connectivity index (χ0n) is 7.83. The fraction of sp³-hybridized carbons (Fsp3) is 0.444. The number of hydrogen-bond acceptors (Lipinski definition) is 4. The summed E-state index contributed by atoms with van der Waals surface area (Å²) in [6, 6.07) is 1.12. The van der Waals surface area contributed by atoms with E-state index in [-0.39, 0.29) is 0 Å². The van der Waals surface area contributed by atoms with Crippen LogP contribution in [0.3, 0.4) is 0 Å². The fourth-order valence-electron chi connectivity index (χ4n) is 1.01. The molecular weight excluding hydrogens is 250 g/mol. The smallest absolute Gasteiger partial charge is 0.323 e. The van der Waals surface area contributed by atoms with Gasteiger partial charge in [0, 0.05) is 6.42 Å². The summed E-state index contributed by atoms with van der Waals surface area (Å²) in [5.41, 5.74) is 5.59. The van der Waals surface area contributed by atoms with Crippen LogP contribution in [-0.2, 0) is 16.0 Å². The summed E-state index contributed by atoms with van der Waals surface area (Å²) in [7, 11) is 0. The van der Waals surface area contributed by atoms with Crippen LogP contribution in [0.4, 0.5) is 0 Å². The molecule has 0 amide bonds. The number of ether oxygens (including phenoxy) is 1. The summed E-state index contributed by atoms with van der Waals surface area (Å²) >= 11 is 3.24. The van der Waals surface area contributed by atoms with Gasteiger partial charge in [0.15, 0.2) is 0 Å². The summed E-state index contributed by atoms with van der Waals surface area (Å²) in [4.78, 5) is 11.2. The standard InChI is InChI=1S/C9H12BrNO3/c1-2-13-9(12)8(11)4-7-3-6(10)5-14-7/h3,5,8H,2,4,11H2,1H3. The number of hydrogen-bond donors (Lipinski definition) is 1. The highest BCUT2D eigenvalue weighted by Crippen LogP contribution is 2.15. The van der Waals surface area contributed by atoms with Crippen LogP contribution < -0.4 is 5.73 Å². The molecule has 14 heavy (non-hydrogen) atoms. The summed E-state index contributed by atoms with van der Waals surface area (Å²) in [6.45, 7) is 2.09. The lowest BCUT2D eigenvalue weighted by atomic mass is 10.2. The molecule has 0 saturated carbocycles. The number of nitrogens with two attached hydrogens (primary N) is 1. The van der Waals surface area contributed by atoms with Gasteiger partial charge >= 0.3 is 5.97 Å². The molecule has 0 spiro atoms. The first-order valence-corrected chi connectivity index (χ1v) is 5.08. The van der Waals surface area contributed by atoms with E-state index in [1.165, 1.54) is 0 Å². The molecular formula is C9H12BrNO3. The van der Waals surface area contributed by atoms with Crippen LogP contribution in [0.5, 0.6) is 0 Å². The maximum Gasteiger partial charge on any atom is 0.323 e. The molecule has 1 heterocycles. The normalized spacial score (nSPS) is 12.5. The van der Waals surface area contributed by atoms with Crippen molar-refractivity contribution in [2.45, 2.75) is 19.4 Å². The second-order valence-electron chi connectivity index (χ2n) is 2.79. The molecule has 78 valence electrons. The maximum atomic E-state index is 11.2. The van der Waals surface area contributed by atoms with Crippen molar-refractivity contribution in [1.82, 2.24) is 0 Å². The lowest BCUT2D eigenvalue weighted by Crippen LogP contribution is -2.34. The van der Waals surface area contributed by atoms with Crippen molar-refractivity contribution >= 4 is 21.9 Å². The van der Waals surface area contributed by atoms with E-state index in [1.54, 1.807) is 19.3 Å². The monoisotopic (exact) mass is 261 g/mol. The second kappa shape index (κ2) is 5.17. The molecule has 4 nitrogen and oxygen atoms in total. The van der Waals surface area contributed by atoms with Crippen LogP contribution in [0.1, 0.15) is 12.7 Å². The predicted molar refractivity (Wildman–Crippen MR) is 54.7 cm³/mol. The van der Waals surface area contributed by atoms with Crippen LogP contribution >= 0.6 is 15.9 Å². The van der Waals surface area contributed by atoms with E-state index in [0.29, 0.717) is 18.8 Å².